The predicted molar refractivity (Wildman–Crippen MR) is 150 cm³/mol. The lowest BCUT2D eigenvalue weighted by atomic mass is 9.99. The third kappa shape index (κ3) is 5.73. The van der Waals surface area contributed by atoms with Gasteiger partial charge in [0, 0.05) is 87.3 Å². The van der Waals surface area contributed by atoms with Crippen LogP contribution in [0.25, 0.3) is 0 Å². The molecule has 2 saturated heterocycles. The monoisotopic (exact) mass is 506 g/mol. The van der Waals surface area contributed by atoms with Crippen molar-refractivity contribution in [3.8, 4) is 0 Å². The van der Waals surface area contributed by atoms with E-state index >= 15 is 0 Å². The molecule has 7 heteroatoms. The molecule has 0 aromatic heterocycles. The van der Waals surface area contributed by atoms with E-state index in [4.69, 9.17) is 9.47 Å². The molecule has 1 amide bonds. The zero-order valence-electron chi connectivity index (χ0n) is 22.6. The number of rotatable bonds is 8. The van der Waals surface area contributed by atoms with Crippen LogP contribution in [0.5, 0.6) is 0 Å². The van der Waals surface area contributed by atoms with Crippen LogP contribution in [0.3, 0.4) is 0 Å². The van der Waals surface area contributed by atoms with E-state index in [-0.39, 0.29) is 5.91 Å². The number of ether oxygens (including phenoxy) is 2. The topological polar surface area (TPSA) is 66.1 Å². The molecule has 2 fully saturated rings. The zero-order valence-corrected chi connectivity index (χ0v) is 22.6. The quantitative estimate of drug-likeness (QED) is 0.533. The molecule has 37 heavy (non-hydrogen) atoms. The minimum absolute atomic E-state index is 0.00536. The van der Waals surface area contributed by atoms with Gasteiger partial charge in [-0.15, -0.1) is 0 Å². The smallest absolute Gasteiger partial charge is 0.251 e. The number of anilines is 3. The van der Waals surface area contributed by atoms with Crippen LogP contribution in [0.2, 0.25) is 0 Å². The van der Waals surface area contributed by atoms with Gasteiger partial charge >= 0.3 is 0 Å². The second-order valence-corrected chi connectivity index (χ2v) is 10.5. The first kappa shape index (κ1) is 25.9. The number of fused-ring (bicyclic) bond motifs is 1. The Hall–Kier alpha value is -2.77. The van der Waals surface area contributed by atoms with Crippen LogP contribution < -0.4 is 20.4 Å². The number of carbonyl (C=O) groups is 1. The van der Waals surface area contributed by atoms with Crippen LogP contribution in [0.4, 0.5) is 17.1 Å². The van der Waals surface area contributed by atoms with Crippen LogP contribution in [0.15, 0.2) is 30.3 Å². The van der Waals surface area contributed by atoms with Crippen LogP contribution >= 0.6 is 0 Å². The van der Waals surface area contributed by atoms with Gasteiger partial charge in [0.15, 0.2) is 0 Å². The summed E-state index contributed by atoms with van der Waals surface area (Å²) in [5, 5.41) is 6.74. The van der Waals surface area contributed by atoms with Crippen LogP contribution in [-0.2, 0) is 22.6 Å². The number of hydrogen-bond donors (Lipinski definition) is 2. The summed E-state index contributed by atoms with van der Waals surface area (Å²) in [5.41, 5.74) is 8.03. The summed E-state index contributed by atoms with van der Waals surface area (Å²) in [6.07, 6.45) is 4.15. The third-order valence-corrected chi connectivity index (χ3v) is 8.11. The van der Waals surface area contributed by atoms with Crippen molar-refractivity contribution >= 4 is 23.0 Å². The maximum Gasteiger partial charge on any atom is 0.251 e. The van der Waals surface area contributed by atoms with E-state index in [0.717, 1.165) is 88.6 Å². The van der Waals surface area contributed by atoms with Gasteiger partial charge in [0.25, 0.3) is 5.91 Å². The Bertz CT molecular complexity index is 1090. The summed E-state index contributed by atoms with van der Waals surface area (Å²) >= 11 is 0. The lowest BCUT2D eigenvalue weighted by Gasteiger charge is -2.37. The first-order valence-corrected chi connectivity index (χ1v) is 14.1. The molecule has 7 nitrogen and oxygen atoms in total. The average molecular weight is 507 g/mol. The fraction of sp³-hybridized carbons (Fsp3) is 0.567. The molecule has 0 spiro atoms. The highest BCUT2D eigenvalue weighted by atomic mass is 16.5. The third-order valence-electron chi connectivity index (χ3n) is 8.11. The summed E-state index contributed by atoms with van der Waals surface area (Å²) in [6.45, 7) is 12.8. The second kappa shape index (κ2) is 11.7. The van der Waals surface area contributed by atoms with Gasteiger partial charge in [-0.2, -0.15) is 0 Å². The van der Waals surface area contributed by atoms with Crippen molar-refractivity contribution in [1.29, 1.82) is 0 Å². The number of hydrogen-bond acceptors (Lipinski definition) is 6. The van der Waals surface area contributed by atoms with Gasteiger partial charge < -0.3 is 29.9 Å². The molecule has 0 bridgehead atoms. The maximum absolute atomic E-state index is 13.1. The van der Waals surface area contributed by atoms with Crippen molar-refractivity contribution in [3.63, 3.8) is 0 Å². The van der Waals surface area contributed by atoms with Crippen molar-refractivity contribution in [2.24, 2.45) is 0 Å². The van der Waals surface area contributed by atoms with Crippen molar-refractivity contribution in [2.45, 2.75) is 71.6 Å². The predicted octanol–water partition coefficient (Wildman–Crippen LogP) is 4.86. The van der Waals surface area contributed by atoms with Crippen molar-refractivity contribution in [3.05, 3.63) is 52.6 Å². The minimum Gasteiger partial charge on any atom is -0.382 e. The molecule has 0 aliphatic carbocycles. The van der Waals surface area contributed by atoms with Gasteiger partial charge in [-0.05, 0) is 87.4 Å². The van der Waals surface area contributed by atoms with Crippen molar-refractivity contribution < 1.29 is 14.3 Å². The van der Waals surface area contributed by atoms with E-state index in [1.807, 2.05) is 6.92 Å². The normalized spacial score (nSPS) is 18.5. The molecule has 2 N–H and O–H groups in total. The Balaban J connectivity index is 1.42. The number of benzene rings is 2. The number of nitrogens with one attached hydrogen (secondary N) is 2. The molecule has 0 atom stereocenters. The van der Waals surface area contributed by atoms with Crippen molar-refractivity contribution in [1.82, 2.24) is 5.32 Å². The summed E-state index contributed by atoms with van der Waals surface area (Å²) < 4.78 is 11.2. The van der Waals surface area contributed by atoms with E-state index in [9.17, 15) is 4.79 Å². The molecule has 2 aromatic rings. The molecule has 3 aliphatic heterocycles. The first-order chi connectivity index (χ1) is 18.1. The van der Waals surface area contributed by atoms with E-state index in [1.165, 1.54) is 22.5 Å². The lowest BCUT2D eigenvalue weighted by Crippen LogP contribution is -2.40. The van der Waals surface area contributed by atoms with Crippen LogP contribution in [-0.4, -0.2) is 57.5 Å². The second-order valence-electron chi connectivity index (χ2n) is 10.5. The standard InChI is InChI=1S/C30H42N4O3/c1-4-31-30(35)28-17-27(18-29(21(28)3)34(5-2)26-10-14-37-15-11-26)33-19-22-6-7-25(16-23(22)20-33)32-24-8-12-36-13-9-24/h6-7,16-18,24,26,32H,4-5,8-15,19-20H2,1-3H3,(H,31,35). The van der Waals surface area contributed by atoms with E-state index in [1.54, 1.807) is 0 Å². The lowest BCUT2D eigenvalue weighted by molar-refractivity contribution is 0.0846. The van der Waals surface area contributed by atoms with E-state index in [0.29, 0.717) is 18.6 Å². The summed E-state index contributed by atoms with van der Waals surface area (Å²) in [5.74, 6) is 0.00536. The maximum atomic E-state index is 13.1. The molecule has 0 radical (unpaired) electrons. The zero-order chi connectivity index (χ0) is 25.8. The fourth-order valence-electron chi connectivity index (χ4n) is 6.02. The van der Waals surface area contributed by atoms with Crippen LogP contribution in [0.1, 0.15) is 66.6 Å². The summed E-state index contributed by atoms with van der Waals surface area (Å²) in [6, 6.07) is 12.1. The fourth-order valence-corrected chi connectivity index (χ4v) is 6.02. The molecule has 0 saturated carbocycles. The van der Waals surface area contributed by atoms with Gasteiger partial charge in [-0.1, -0.05) is 6.07 Å². The van der Waals surface area contributed by atoms with Gasteiger partial charge in [-0.25, -0.2) is 0 Å². The van der Waals surface area contributed by atoms with E-state index in [2.05, 4.69) is 64.6 Å². The number of nitrogens with zero attached hydrogens (tertiary/aromatic N) is 2. The Labute approximate surface area is 221 Å². The molecule has 0 unspecified atom stereocenters. The molecule has 3 aliphatic rings. The van der Waals surface area contributed by atoms with Crippen molar-refractivity contribution in [2.75, 3.05) is 54.6 Å². The number of amides is 1. The molecular formula is C30H42N4O3. The molecule has 200 valence electrons. The minimum atomic E-state index is 0.00536. The van der Waals surface area contributed by atoms with Gasteiger partial charge in [0.2, 0.25) is 0 Å². The Morgan fingerprint density at radius 3 is 2.38 bits per heavy atom. The summed E-state index contributed by atoms with van der Waals surface area (Å²) in [7, 11) is 0. The number of carbonyl (C=O) groups excluding carboxylic acids is 1. The van der Waals surface area contributed by atoms with E-state index < -0.39 is 0 Å². The van der Waals surface area contributed by atoms with Gasteiger partial charge in [0.1, 0.15) is 0 Å². The highest BCUT2D eigenvalue weighted by Gasteiger charge is 2.27. The molecule has 3 heterocycles. The summed E-state index contributed by atoms with van der Waals surface area (Å²) in [4.78, 5) is 18.0. The Morgan fingerprint density at radius 1 is 0.973 bits per heavy atom. The SMILES string of the molecule is CCNC(=O)c1cc(N2Cc3ccc(NC4CCOCC4)cc3C2)cc(N(CC)C2CCOCC2)c1C. The molecule has 5 rings (SSSR count). The first-order valence-electron chi connectivity index (χ1n) is 14.1. The van der Waals surface area contributed by atoms with Gasteiger partial charge in [0.05, 0.1) is 0 Å². The van der Waals surface area contributed by atoms with Crippen LogP contribution in [0, 0.1) is 6.92 Å². The Morgan fingerprint density at radius 2 is 1.68 bits per heavy atom. The Kier molecular flexibility index (Phi) is 8.20. The molecule has 2 aromatic carbocycles. The average Bonchev–Trinajstić information content (AvgIpc) is 3.35. The largest absolute Gasteiger partial charge is 0.382 e. The molecular weight excluding hydrogens is 464 g/mol. The highest BCUT2D eigenvalue weighted by Crippen LogP contribution is 2.37. The highest BCUT2D eigenvalue weighted by molar-refractivity contribution is 5.98. The van der Waals surface area contributed by atoms with Gasteiger partial charge in [-0.3, -0.25) is 4.79 Å².